The van der Waals surface area contributed by atoms with E-state index in [2.05, 4.69) is 24.2 Å². The fourth-order valence-electron chi connectivity index (χ4n) is 3.89. The molecule has 27 heavy (non-hydrogen) atoms. The molecule has 6 nitrogen and oxygen atoms in total. The number of nitrogens with two attached hydrogens (primary N) is 1. The molecule has 1 aromatic rings. The third-order valence-corrected chi connectivity index (χ3v) is 7.80. The van der Waals surface area contributed by atoms with Gasteiger partial charge < -0.3 is 20.7 Å². The number of nitrogens with zero attached hydrogens (tertiary/aromatic N) is 2. The van der Waals surface area contributed by atoms with Crippen LogP contribution in [0.4, 0.5) is 5.00 Å². The Labute approximate surface area is 168 Å². The molecule has 3 N–H and O–H groups in total. The van der Waals surface area contributed by atoms with E-state index in [-0.39, 0.29) is 17.7 Å². The molecule has 3 aliphatic heterocycles. The van der Waals surface area contributed by atoms with Crippen molar-refractivity contribution < 1.29 is 9.53 Å². The molecule has 0 aliphatic carbocycles. The van der Waals surface area contributed by atoms with Crippen molar-refractivity contribution in [1.82, 2.24) is 4.90 Å². The van der Waals surface area contributed by atoms with Crippen LogP contribution in [0.3, 0.4) is 0 Å². The van der Waals surface area contributed by atoms with Gasteiger partial charge in [-0.15, -0.1) is 11.3 Å². The third-order valence-electron chi connectivity index (χ3n) is 5.80. The van der Waals surface area contributed by atoms with Gasteiger partial charge in [-0.2, -0.15) is 0 Å². The highest BCUT2D eigenvalue weighted by Crippen LogP contribution is 2.45. The minimum Gasteiger partial charge on any atom is -0.369 e. The molecule has 4 heterocycles. The highest BCUT2D eigenvalue weighted by molar-refractivity contribution is 8.14. The largest absolute Gasteiger partial charge is 0.369 e. The van der Waals surface area contributed by atoms with Crippen LogP contribution < -0.4 is 11.1 Å². The van der Waals surface area contributed by atoms with Crippen LogP contribution in [0.15, 0.2) is 4.99 Å². The van der Waals surface area contributed by atoms with E-state index in [1.54, 1.807) is 11.3 Å². The van der Waals surface area contributed by atoms with Gasteiger partial charge >= 0.3 is 0 Å². The van der Waals surface area contributed by atoms with Crippen molar-refractivity contribution in [2.45, 2.75) is 64.3 Å². The molecule has 1 aromatic heterocycles. The van der Waals surface area contributed by atoms with Gasteiger partial charge in [-0.3, -0.25) is 4.79 Å². The van der Waals surface area contributed by atoms with Crippen LogP contribution in [0, 0.1) is 0 Å². The Morgan fingerprint density at radius 3 is 2.96 bits per heavy atom. The number of anilines is 1. The lowest BCUT2D eigenvalue weighted by Crippen LogP contribution is -2.37. The van der Waals surface area contributed by atoms with Gasteiger partial charge in [0.1, 0.15) is 11.2 Å². The van der Waals surface area contributed by atoms with Gasteiger partial charge in [0.15, 0.2) is 5.17 Å². The summed E-state index contributed by atoms with van der Waals surface area (Å²) >= 11 is 3.17. The maximum atomic E-state index is 12.4. The van der Waals surface area contributed by atoms with Crippen LogP contribution in [0.5, 0.6) is 0 Å². The first kappa shape index (κ1) is 19.2. The molecule has 0 radical (unpaired) electrons. The number of carbonyl (C=O) groups excluding carboxylic acids is 1. The predicted octanol–water partition coefficient (Wildman–Crippen LogP) is 3.47. The van der Waals surface area contributed by atoms with Crippen LogP contribution in [0.2, 0.25) is 0 Å². The summed E-state index contributed by atoms with van der Waals surface area (Å²) in [5, 5.41) is 5.23. The number of nitrogens with one attached hydrogen (secondary N) is 1. The summed E-state index contributed by atoms with van der Waals surface area (Å²) in [4.78, 5) is 20.3. The maximum absolute atomic E-state index is 12.4. The Morgan fingerprint density at radius 2 is 2.22 bits per heavy atom. The van der Waals surface area contributed by atoms with E-state index < -0.39 is 0 Å². The van der Waals surface area contributed by atoms with Crippen molar-refractivity contribution in [2.24, 2.45) is 10.7 Å². The van der Waals surface area contributed by atoms with Gasteiger partial charge in [0.25, 0.3) is 0 Å². The van der Waals surface area contributed by atoms with E-state index in [9.17, 15) is 4.79 Å². The molecule has 1 saturated heterocycles. The number of thioether (sulfide) groups is 1. The molecule has 0 aromatic carbocycles. The lowest BCUT2D eigenvalue weighted by Gasteiger charge is -2.34. The van der Waals surface area contributed by atoms with Crippen LogP contribution in [0.1, 0.15) is 61.7 Å². The summed E-state index contributed by atoms with van der Waals surface area (Å²) in [5.41, 5.74) is 8.71. The highest BCUT2D eigenvalue weighted by atomic mass is 32.2. The molecule has 4 rings (SSSR count). The van der Waals surface area contributed by atoms with E-state index in [1.165, 1.54) is 28.6 Å². The molecule has 3 aliphatic rings. The number of amides is 1. The summed E-state index contributed by atoms with van der Waals surface area (Å²) in [5.74, 6) is 0.608. The number of carbonyl (C=O) groups is 1. The number of amidine groups is 1. The van der Waals surface area contributed by atoms with Crippen molar-refractivity contribution in [2.75, 3.05) is 24.2 Å². The quantitative estimate of drug-likeness (QED) is 0.800. The SMILES string of the molecule is CC[C@@]1(C)Cc2c(sc3c2[C@@H](N)N=C(SCC(=O)N2CCCCC2)N3)CO1. The number of hydrogen-bond donors (Lipinski definition) is 2. The third kappa shape index (κ3) is 3.90. The van der Waals surface area contributed by atoms with E-state index in [0.717, 1.165) is 54.5 Å². The van der Waals surface area contributed by atoms with Crippen molar-refractivity contribution in [3.63, 3.8) is 0 Å². The lowest BCUT2D eigenvalue weighted by molar-refractivity contribution is -0.129. The predicted molar refractivity (Wildman–Crippen MR) is 112 cm³/mol. The monoisotopic (exact) mass is 408 g/mol. The van der Waals surface area contributed by atoms with Crippen LogP contribution >= 0.6 is 23.1 Å². The van der Waals surface area contributed by atoms with Crippen molar-refractivity contribution in [3.8, 4) is 0 Å². The molecule has 1 amide bonds. The fourth-order valence-corrected chi connectivity index (χ4v) is 5.93. The number of hydrogen-bond acceptors (Lipinski definition) is 7. The molecule has 148 valence electrons. The van der Waals surface area contributed by atoms with Crippen LogP contribution in [-0.2, 0) is 22.6 Å². The summed E-state index contributed by atoms with van der Waals surface area (Å²) in [6.07, 6.45) is 4.95. The summed E-state index contributed by atoms with van der Waals surface area (Å²) in [6.45, 7) is 6.74. The number of aliphatic imine (C=N–C) groups is 1. The first-order valence-corrected chi connectivity index (χ1v) is 11.6. The van der Waals surface area contributed by atoms with Crippen molar-refractivity contribution in [3.05, 3.63) is 16.0 Å². The van der Waals surface area contributed by atoms with Crippen molar-refractivity contribution >= 4 is 39.2 Å². The number of thiophene rings is 1. The van der Waals surface area contributed by atoms with E-state index in [1.807, 2.05) is 4.90 Å². The lowest BCUT2D eigenvalue weighted by atomic mass is 9.89. The summed E-state index contributed by atoms with van der Waals surface area (Å²) in [7, 11) is 0. The average Bonchev–Trinajstić information content (AvgIpc) is 3.04. The Hall–Kier alpha value is -1.09. The van der Waals surface area contributed by atoms with Gasteiger partial charge in [-0.1, -0.05) is 18.7 Å². The number of piperidine rings is 1. The first-order chi connectivity index (χ1) is 13.0. The van der Waals surface area contributed by atoms with Crippen molar-refractivity contribution in [1.29, 1.82) is 0 Å². The van der Waals surface area contributed by atoms with Gasteiger partial charge in [0, 0.05) is 30.0 Å². The Bertz CT molecular complexity index is 757. The summed E-state index contributed by atoms with van der Waals surface area (Å²) in [6, 6.07) is 0. The van der Waals surface area contributed by atoms with Gasteiger partial charge in [0.2, 0.25) is 5.91 Å². The average molecular weight is 409 g/mol. The zero-order valence-corrected chi connectivity index (χ0v) is 17.7. The number of likely N-dealkylation sites (tertiary alicyclic amines) is 1. The number of rotatable bonds is 3. The maximum Gasteiger partial charge on any atom is 0.233 e. The molecule has 0 bridgehead atoms. The molecular formula is C19H28N4O2S2. The first-order valence-electron chi connectivity index (χ1n) is 9.78. The number of fused-ring (bicyclic) bond motifs is 3. The van der Waals surface area contributed by atoms with Crippen LogP contribution in [-0.4, -0.2) is 40.4 Å². The van der Waals surface area contributed by atoms with E-state index >= 15 is 0 Å². The molecule has 1 fully saturated rings. The Kier molecular flexibility index (Phi) is 5.51. The second-order valence-electron chi connectivity index (χ2n) is 7.75. The van der Waals surface area contributed by atoms with Crippen LogP contribution in [0.25, 0.3) is 0 Å². The molecular weight excluding hydrogens is 380 g/mol. The Balaban J connectivity index is 1.44. The second-order valence-corrected chi connectivity index (χ2v) is 9.82. The van der Waals surface area contributed by atoms with E-state index in [0.29, 0.717) is 12.4 Å². The minimum absolute atomic E-state index is 0.124. The fraction of sp³-hybridized carbons (Fsp3) is 0.684. The van der Waals surface area contributed by atoms with Gasteiger partial charge in [-0.05, 0) is 38.2 Å². The van der Waals surface area contributed by atoms with Gasteiger partial charge in [-0.25, -0.2) is 4.99 Å². The topological polar surface area (TPSA) is 80.0 Å². The van der Waals surface area contributed by atoms with Gasteiger partial charge in [0.05, 0.1) is 18.0 Å². The standard InChI is InChI=1S/C19H28N4O2S2/c1-3-19(2)9-12-13(10-25-19)27-17-15(12)16(20)21-18(22-17)26-11-14(24)23-7-5-4-6-8-23/h16H,3-11,20H2,1-2H3,(H,21,22)/t16-,19-/m0/s1. The Morgan fingerprint density at radius 1 is 1.44 bits per heavy atom. The highest BCUT2D eigenvalue weighted by Gasteiger charge is 2.36. The smallest absolute Gasteiger partial charge is 0.233 e. The minimum atomic E-state index is -0.368. The number of ether oxygens (including phenoxy) is 1. The molecule has 0 spiro atoms. The zero-order valence-electron chi connectivity index (χ0n) is 16.0. The normalized spacial score (nSPS) is 27.4. The molecule has 0 saturated carbocycles. The second kappa shape index (κ2) is 7.73. The molecule has 0 unspecified atom stereocenters. The van der Waals surface area contributed by atoms with E-state index in [4.69, 9.17) is 10.5 Å². The molecule has 2 atom stereocenters. The molecule has 8 heteroatoms. The summed E-state index contributed by atoms with van der Waals surface area (Å²) < 4.78 is 6.08. The zero-order chi connectivity index (χ0) is 19.0.